The van der Waals surface area contributed by atoms with Gasteiger partial charge in [-0.2, -0.15) is 4.98 Å². The summed E-state index contributed by atoms with van der Waals surface area (Å²) in [6.45, 7) is 10.3. The number of carbonyl (C=O) groups excluding carboxylic acids is 1. The van der Waals surface area contributed by atoms with Crippen molar-refractivity contribution < 1.29 is 14.3 Å². The number of anilines is 4. The van der Waals surface area contributed by atoms with Crippen molar-refractivity contribution in [2.75, 3.05) is 48.9 Å². The van der Waals surface area contributed by atoms with Crippen molar-refractivity contribution in [3.63, 3.8) is 0 Å². The lowest BCUT2D eigenvalue weighted by molar-refractivity contribution is -0.111. The molecule has 11 heteroatoms. The van der Waals surface area contributed by atoms with E-state index < -0.39 is 0 Å². The van der Waals surface area contributed by atoms with E-state index in [1.54, 1.807) is 19.4 Å². The van der Waals surface area contributed by atoms with Gasteiger partial charge in [-0.1, -0.05) is 32.6 Å². The molecule has 0 radical (unpaired) electrons. The Labute approximate surface area is 225 Å². The number of rotatable bonds is 8. The van der Waals surface area contributed by atoms with Crippen LogP contribution in [0.5, 0.6) is 5.75 Å². The topological polar surface area (TPSA) is 126 Å². The number of nitrogens with zero attached hydrogens (tertiary/aromatic N) is 4. The van der Waals surface area contributed by atoms with Gasteiger partial charge in [-0.25, -0.2) is 14.3 Å². The van der Waals surface area contributed by atoms with Crippen LogP contribution in [0.2, 0.25) is 0 Å². The fourth-order valence-corrected chi connectivity index (χ4v) is 4.51. The lowest BCUT2D eigenvalue weighted by Gasteiger charge is -2.31. The van der Waals surface area contributed by atoms with Crippen molar-refractivity contribution in [1.82, 2.24) is 19.5 Å². The molecule has 0 unspecified atom stereocenters. The number of hydrogen-bond donors (Lipinski definition) is 3. The Bertz CT molecular complexity index is 1570. The van der Waals surface area contributed by atoms with Crippen LogP contribution >= 0.6 is 0 Å². The maximum atomic E-state index is 12.8. The van der Waals surface area contributed by atoms with Crippen LogP contribution in [0, 0.1) is 0 Å². The predicted octanol–water partition coefficient (Wildman–Crippen LogP) is 3.95. The quantitative estimate of drug-likeness (QED) is 0.293. The third kappa shape index (κ3) is 5.34. The zero-order valence-electron chi connectivity index (χ0n) is 22.2. The number of methoxy groups -OCH3 is 1. The van der Waals surface area contributed by atoms with Gasteiger partial charge in [0.25, 0.3) is 0 Å². The molecule has 1 amide bonds. The van der Waals surface area contributed by atoms with Gasteiger partial charge >= 0.3 is 5.69 Å². The van der Waals surface area contributed by atoms with E-state index in [0.29, 0.717) is 66.2 Å². The van der Waals surface area contributed by atoms with E-state index in [2.05, 4.69) is 50.9 Å². The molecule has 1 aliphatic heterocycles. The van der Waals surface area contributed by atoms with Gasteiger partial charge < -0.3 is 30.0 Å². The minimum absolute atomic E-state index is 0.257. The fraction of sp³-hybridized carbons (Fsp3) is 0.286. The smallest absolute Gasteiger partial charge is 0.332 e. The van der Waals surface area contributed by atoms with Crippen LogP contribution in [0.1, 0.15) is 25.3 Å². The zero-order valence-corrected chi connectivity index (χ0v) is 22.2. The molecule has 0 aliphatic carbocycles. The summed E-state index contributed by atoms with van der Waals surface area (Å²) in [7, 11) is 1.57. The Hall–Kier alpha value is -4.64. The molecule has 0 atom stereocenters. The van der Waals surface area contributed by atoms with Crippen molar-refractivity contribution in [3.05, 3.63) is 71.3 Å². The monoisotopic (exact) mass is 529 g/mol. The molecule has 202 valence electrons. The number of nitrogens with one attached hydrogen (secondary N) is 3. The second-order valence-electron chi connectivity index (χ2n) is 9.43. The average molecular weight is 530 g/mol. The van der Waals surface area contributed by atoms with Crippen LogP contribution in [0.25, 0.3) is 16.9 Å². The zero-order chi connectivity index (χ0) is 27.5. The summed E-state index contributed by atoms with van der Waals surface area (Å²) >= 11 is 0. The Morgan fingerprint density at radius 2 is 1.92 bits per heavy atom. The third-order valence-corrected chi connectivity index (χ3v) is 6.60. The van der Waals surface area contributed by atoms with Gasteiger partial charge in [0.2, 0.25) is 11.9 Å². The summed E-state index contributed by atoms with van der Waals surface area (Å²) in [5.41, 5.74) is 4.42. The summed E-state index contributed by atoms with van der Waals surface area (Å²) in [5.74, 6) is 0.834. The lowest BCUT2D eigenvalue weighted by atomic mass is 10.0. The van der Waals surface area contributed by atoms with E-state index in [0.717, 1.165) is 5.69 Å². The molecule has 2 aromatic heterocycles. The van der Waals surface area contributed by atoms with Crippen molar-refractivity contribution in [1.29, 1.82) is 0 Å². The second-order valence-corrected chi connectivity index (χ2v) is 9.43. The van der Waals surface area contributed by atoms with Gasteiger partial charge in [0.05, 0.1) is 49.3 Å². The number of carbonyl (C=O) groups is 1. The minimum Gasteiger partial charge on any atom is -0.494 e. The normalized spacial score (nSPS) is 13.5. The van der Waals surface area contributed by atoms with Crippen molar-refractivity contribution in [2.45, 2.75) is 19.8 Å². The number of H-pyrrole nitrogens is 1. The number of imidazole rings is 1. The van der Waals surface area contributed by atoms with Crippen LogP contribution in [-0.2, 0) is 9.53 Å². The number of amides is 1. The molecule has 1 saturated heterocycles. The van der Waals surface area contributed by atoms with Gasteiger partial charge in [-0.05, 0) is 35.8 Å². The Morgan fingerprint density at radius 1 is 1.18 bits per heavy atom. The summed E-state index contributed by atoms with van der Waals surface area (Å²) in [6, 6.07) is 11.4. The van der Waals surface area contributed by atoms with Gasteiger partial charge in [0, 0.05) is 19.2 Å². The first-order valence-electron chi connectivity index (χ1n) is 12.7. The number of aromatic amines is 1. The number of morpholine rings is 1. The Kier molecular flexibility index (Phi) is 7.33. The highest BCUT2D eigenvalue weighted by atomic mass is 16.5. The molecule has 4 aromatic rings. The minimum atomic E-state index is -0.335. The summed E-state index contributed by atoms with van der Waals surface area (Å²) in [4.78, 5) is 39.0. The number of aromatic nitrogens is 4. The number of benzene rings is 2. The molecule has 39 heavy (non-hydrogen) atoms. The fourth-order valence-electron chi connectivity index (χ4n) is 4.51. The molecule has 1 fully saturated rings. The lowest BCUT2D eigenvalue weighted by Crippen LogP contribution is -2.36. The van der Waals surface area contributed by atoms with E-state index >= 15 is 0 Å². The highest BCUT2D eigenvalue weighted by Crippen LogP contribution is 2.38. The number of ether oxygens (including phenoxy) is 2. The first kappa shape index (κ1) is 26.0. The first-order chi connectivity index (χ1) is 18.9. The Balaban J connectivity index is 1.54. The maximum absolute atomic E-state index is 12.8. The number of hydrogen-bond acceptors (Lipinski definition) is 8. The van der Waals surface area contributed by atoms with Gasteiger partial charge in [0.1, 0.15) is 11.3 Å². The average Bonchev–Trinajstić information content (AvgIpc) is 3.28. The molecule has 0 spiro atoms. The molecular formula is C28H31N7O4. The van der Waals surface area contributed by atoms with Crippen LogP contribution in [0.3, 0.4) is 0 Å². The van der Waals surface area contributed by atoms with Gasteiger partial charge in [-0.3, -0.25) is 4.79 Å². The molecule has 1 aliphatic rings. The molecule has 0 bridgehead atoms. The highest BCUT2D eigenvalue weighted by molar-refractivity contribution is 6.02. The van der Waals surface area contributed by atoms with Crippen molar-refractivity contribution in [2.24, 2.45) is 0 Å². The van der Waals surface area contributed by atoms with Crippen molar-refractivity contribution in [3.8, 4) is 11.4 Å². The van der Waals surface area contributed by atoms with Crippen LogP contribution in [0.15, 0.2) is 60.0 Å². The molecule has 0 saturated carbocycles. The van der Waals surface area contributed by atoms with E-state index in [-0.39, 0.29) is 17.5 Å². The van der Waals surface area contributed by atoms with Crippen molar-refractivity contribution >= 4 is 40.1 Å². The number of fused-ring (bicyclic) bond motifs is 1. The van der Waals surface area contributed by atoms with E-state index in [4.69, 9.17) is 9.47 Å². The van der Waals surface area contributed by atoms with E-state index in [1.165, 1.54) is 16.2 Å². The summed E-state index contributed by atoms with van der Waals surface area (Å²) < 4.78 is 12.7. The van der Waals surface area contributed by atoms with Gasteiger partial charge in [0.15, 0.2) is 5.65 Å². The SMILES string of the molecule is C=CC(=O)Nc1cc(Nc2ncc3[nH]c(=O)n(-c4ccc(C(C)C)cc4)c3n2)c(OC)cc1N1CCOCC1. The molecular weight excluding hydrogens is 498 g/mol. The maximum Gasteiger partial charge on any atom is 0.332 e. The molecule has 3 N–H and O–H groups in total. The standard InChI is InChI=1S/C28H31N7O4/c1-5-25(36)30-20-14-21(24(38-4)15-23(20)34-10-12-39-13-11-34)31-27-29-16-22-26(33-27)35(28(37)32-22)19-8-6-18(7-9-19)17(2)3/h5-9,14-17H,1,10-13H2,2-4H3,(H,30,36)(H,32,37)(H,29,31,33). The molecule has 5 rings (SSSR count). The first-order valence-corrected chi connectivity index (χ1v) is 12.7. The third-order valence-electron chi connectivity index (χ3n) is 6.60. The molecule has 11 nitrogen and oxygen atoms in total. The van der Waals surface area contributed by atoms with Crippen LogP contribution in [-0.4, -0.2) is 58.8 Å². The molecule has 2 aromatic carbocycles. The summed E-state index contributed by atoms with van der Waals surface area (Å²) in [5, 5.41) is 6.08. The van der Waals surface area contributed by atoms with Crippen LogP contribution < -0.4 is 26.0 Å². The molecule has 3 heterocycles. The second kappa shape index (κ2) is 11.0. The van der Waals surface area contributed by atoms with Crippen LogP contribution in [0.4, 0.5) is 23.0 Å². The summed E-state index contributed by atoms with van der Waals surface area (Å²) in [6.07, 6.45) is 2.77. The Morgan fingerprint density at radius 3 is 2.59 bits per heavy atom. The van der Waals surface area contributed by atoms with E-state index in [9.17, 15) is 9.59 Å². The van der Waals surface area contributed by atoms with E-state index in [1.807, 2.05) is 30.3 Å². The highest BCUT2D eigenvalue weighted by Gasteiger charge is 2.20. The largest absolute Gasteiger partial charge is 0.494 e. The predicted molar refractivity (Wildman–Crippen MR) is 152 cm³/mol. The van der Waals surface area contributed by atoms with Gasteiger partial charge in [-0.15, -0.1) is 0 Å².